The number of benzene rings is 2. The molecule has 3 aromatic rings. The summed E-state index contributed by atoms with van der Waals surface area (Å²) in [7, 11) is 1.71. The van der Waals surface area contributed by atoms with Crippen LogP contribution in [0.5, 0.6) is 11.5 Å². The second kappa shape index (κ2) is 8.95. The number of aryl methyl sites for hydroxylation is 1. The minimum absolute atomic E-state index is 0.131. The maximum absolute atomic E-state index is 13.0. The molecule has 1 fully saturated rings. The van der Waals surface area contributed by atoms with E-state index in [0.29, 0.717) is 30.2 Å². The molecule has 170 valence electrons. The van der Waals surface area contributed by atoms with Crippen LogP contribution >= 0.6 is 0 Å². The number of hydrogen-bond donors (Lipinski definition) is 1. The first-order chi connectivity index (χ1) is 16.1. The van der Waals surface area contributed by atoms with Crippen LogP contribution in [0.3, 0.4) is 0 Å². The zero-order chi connectivity index (χ0) is 22.8. The number of rotatable bonds is 5. The lowest BCUT2D eigenvalue weighted by molar-refractivity contribution is 0.0622. The fourth-order valence-corrected chi connectivity index (χ4v) is 4.04. The Morgan fingerprint density at radius 2 is 1.73 bits per heavy atom. The van der Waals surface area contributed by atoms with Gasteiger partial charge in [0.25, 0.3) is 11.8 Å². The highest BCUT2D eigenvalue weighted by Crippen LogP contribution is 2.32. The van der Waals surface area contributed by atoms with Crippen molar-refractivity contribution in [2.45, 2.75) is 6.54 Å². The number of hydrogen-bond acceptors (Lipinski definition) is 6. The highest BCUT2D eigenvalue weighted by atomic mass is 16.7. The van der Waals surface area contributed by atoms with Crippen LogP contribution in [0.2, 0.25) is 0 Å². The Labute approximate surface area is 191 Å². The molecule has 9 nitrogen and oxygen atoms in total. The molecular formula is C24H25N5O4. The summed E-state index contributed by atoms with van der Waals surface area (Å²) in [5.74, 6) is 1.67. The summed E-state index contributed by atoms with van der Waals surface area (Å²) in [5.41, 5.74) is 2.03. The van der Waals surface area contributed by atoms with Crippen LogP contribution in [0.15, 0.2) is 54.6 Å². The number of piperazine rings is 1. The first-order valence-electron chi connectivity index (χ1n) is 10.9. The Bertz CT molecular complexity index is 1170. The zero-order valence-corrected chi connectivity index (χ0v) is 18.4. The first kappa shape index (κ1) is 21.0. The van der Waals surface area contributed by atoms with Gasteiger partial charge >= 0.3 is 0 Å². The van der Waals surface area contributed by atoms with Crippen molar-refractivity contribution in [1.82, 2.24) is 19.6 Å². The predicted molar refractivity (Wildman–Crippen MR) is 121 cm³/mol. The number of amides is 2. The average Bonchev–Trinajstić information content (AvgIpc) is 3.46. The van der Waals surface area contributed by atoms with Gasteiger partial charge in [-0.15, -0.1) is 0 Å². The minimum atomic E-state index is -0.241. The van der Waals surface area contributed by atoms with Crippen molar-refractivity contribution in [2.24, 2.45) is 7.05 Å². The highest BCUT2D eigenvalue weighted by Gasteiger charge is 2.25. The van der Waals surface area contributed by atoms with Gasteiger partial charge in [-0.25, -0.2) is 0 Å². The molecule has 1 aromatic heterocycles. The van der Waals surface area contributed by atoms with E-state index in [9.17, 15) is 9.59 Å². The number of aromatic nitrogens is 2. The molecule has 33 heavy (non-hydrogen) atoms. The molecule has 0 aliphatic carbocycles. The molecule has 0 spiro atoms. The second-order valence-corrected chi connectivity index (χ2v) is 8.11. The van der Waals surface area contributed by atoms with Crippen LogP contribution in [0.25, 0.3) is 0 Å². The maximum atomic E-state index is 13.0. The summed E-state index contributed by atoms with van der Waals surface area (Å²) in [6.07, 6.45) is 0. The maximum Gasteiger partial charge on any atom is 0.274 e. The normalized spacial score (nSPS) is 15.5. The summed E-state index contributed by atoms with van der Waals surface area (Å²) in [4.78, 5) is 29.5. The van der Waals surface area contributed by atoms with E-state index in [1.807, 2.05) is 24.3 Å². The van der Waals surface area contributed by atoms with Crippen LogP contribution in [-0.4, -0.2) is 64.4 Å². The Morgan fingerprint density at radius 3 is 2.52 bits per heavy atom. The molecule has 0 radical (unpaired) electrons. The highest BCUT2D eigenvalue weighted by molar-refractivity contribution is 6.04. The van der Waals surface area contributed by atoms with E-state index in [0.717, 1.165) is 36.7 Å². The fraction of sp³-hybridized carbons (Fsp3) is 0.292. The van der Waals surface area contributed by atoms with Gasteiger partial charge in [-0.2, -0.15) is 5.10 Å². The summed E-state index contributed by atoms with van der Waals surface area (Å²) in [5, 5.41) is 7.14. The lowest BCUT2D eigenvalue weighted by atomic mass is 10.1. The van der Waals surface area contributed by atoms with Crippen LogP contribution < -0.4 is 14.8 Å². The van der Waals surface area contributed by atoms with Gasteiger partial charge in [0.1, 0.15) is 5.82 Å². The molecule has 2 amide bonds. The van der Waals surface area contributed by atoms with E-state index >= 15 is 0 Å². The molecule has 2 aromatic carbocycles. The average molecular weight is 447 g/mol. The molecule has 3 heterocycles. The van der Waals surface area contributed by atoms with E-state index in [2.05, 4.69) is 15.3 Å². The molecule has 5 rings (SSSR count). The number of nitrogens with zero attached hydrogens (tertiary/aromatic N) is 4. The zero-order valence-electron chi connectivity index (χ0n) is 18.4. The van der Waals surface area contributed by atoms with Crippen molar-refractivity contribution in [3.05, 3.63) is 71.4 Å². The topological polar surface area (TPSA) is 88.9 Å². The molecule has 0 unspecified atom stereocenters. The first-order valence-corrected chi connectivity index (χ1v) is 10.9. The molecule has 1 N–H and O–H groups in total. The third-order valence-electron chi connectivity index (χ3n) is 5.88. The van der Waals surface area contributed by atoms with Gasteiger partial charge in [0.05, 0.1) is 0 Å². The Morgan fingerprint density at radius 1 is 0.970 bits per heavy atom. The molecule has 0 atom stereocenters. The summed E-state index contributed by atoms with van der Waals surface area (Å²) in [6.45, 7) is 3.83. The lowest BCUT2D eigenvalue weighted by Crippen LogP contribution is -2.48. The van der Waals surface area contributed by atoms with Crippen molar-refractivity contribution in [3.63, 3.8) is 0 Å². The summed E-state index contributed by atoms with van der Waals surface area (Å²) in [6, 6.07) is 16.6. The molecule has 1 saturated heterocycles. The number of carbonyl (C=O) groups excluding carboxylic acids is 2. The number of ether oxygens (including phenoxy) is 2. The molecule has 2 aliphatic rings. The van der Waals surface area contributed by atoms with E-state index < -0.39 is 0 Å². The van der Waals surface area contributed by atoms with Gasteiger partial charge in [-0.1, -0.05) is 24.3 Å². The fourth-order valence-electron chi connectivity index (χ4n) is 4.04. The van der Waals surface area contributed by atoms with E-state index in [1.54, 1.807) is 42.3 Å². The van der Waals surface area contributed by atoms with Crippen molar-refractivity contribution in [1.29, 1.82) is 0 Å². The second-order valence-electron chi connectivity index (χ2n) is 8.11. The van der Waals surface area contributed by atoms with Crippen molar-refractivity contribution < 1.29 is 19.1 Å². The third-order valence-corrected chi connectivity index (χ3v) is 5.88. The van der Waals surface area contributed by atoms with E-state index in [-0.39, 0.29) is 18.6 Å². The van der Waals surface area contributed by atoms with Crippen molar-refractivity contribution in [3.8, 4) is 11.5 Å². The van der Waals surface area contributed by atoms with Gasteiger partial charge in [0, 0.05) is 51.4 Å². The molecule has 0 bridgehead atoms. The van der Waals surface area contributed by atoms with Gasteiger partial charge in [-0.05, 0) is 29.8 Å². The van der Waals surface area contributed by atoms with Gasteiger partial charge in [0.2, 0.25) is 6.79 Å². The van der Waals surface area contributed by atoms with Crippen molar-refractivity contribution in [2.75, 3.05) is 38.3 Å². The summed E-state index contributed by atoms with van der Waals surface area (Å²) >= 11 is 0. The van der Waals surface area contributed by atoms with Gasteiger partial charge in [-0.3, -0.25) is 19.2 Å². The monoisotopic (exact) mass is 447 g/mol. The Hall–Kier alpha value is -3.85. The quantitative estimate of drug-likeness (QED) is 0.646. The smallest absolute Gasteiger partial charge is 0.274 e. The van der Waals surface area contributed by atoms with Crippen LogP contribution in [0.4, 0.5) is 5.82 Å². The molecule has 9 heteroatoms. The lowest BCUT2D eigenvalue weighted by Gasteiger charge is -2.34. The predicted octanol–water partition coefficient (Wildman–Crippen LogP) is 2.36. The Kier molecular flexibility index (Phi) is 5.70. The summed E-state index contributed by atoms with van der Waals surface area (Å²) < 4.78 is 12.3. The number of fused-ring (bicyclic) bond motifs is 1. The Balaban J connectivity index is 1.17. The molecule has 0 saturated carbocycles. The minimum Gasteiger partial charge on any atom is -0.454 e. The SMILES string of the molecule is Cn1nc(C(=O)N2CCN(Cc3ccc4c(c3)OCO4)CC2)cc1NC(=O)c1ccccc1. The largest absolute Gasteiger partial charge is 0.454 e. The standard InChI is InChI=1S/C24H25N5O4/c1-27-22(25-23(30)18-5-3-2-4-6-18)14-19(26-27)24(31)29-11-9-28(10-12-29)15-17-7-8-20-21(13-17)33-16-32-20/h2-8,13-14H,9-12,15-16H2,1H3,(H,25,30). The molecule has 2 aliphatic heterocycles. The van der Waals surface area contributed by atoms with Crippen LogP contribution in [0.1, 0.15) is 26.4 Å². The molecular weight excluding hydrogens is 422 g/mol. The van der Waals surface area contributed by atoms with E-state index in [4.69, 9.17) is 9.47 Å². The number of carbonyl (C=O) groups is 2. The van der Waals surface area contributed by atoms with Crippen LogP contribution in [-0.2, 0) is 13.6 Å². The van der Waals surface area contributed by atoms with Gasteiger partial charge < -0.3 is 19.7 Å². The third kappa shape index (κ3) is 4.54. The number of nitrogens with one attached hydrogen (secondary N) is 1. The van der Waals surface area contributed by atoms with Crippen molar-refractivity contribution >= 4 is 17.6 Å². The van der Waals surface area contributed by atoms with Crippen LogP contribution in [0, 0.1) is 0 Å². The number of anilines is 1. The van der Waals surface area contributed by atoms with Gasteiger partial charge in [0.15, 0.2) is 17.2 Å². The van der Waals surface area contributed by atoms with E-state index in [1.165, 1.54) is 4.68 Å².